The number of carbonyl (C=O) groups excluding carboxylic acids is 2. The van der Waals surface area contributed by atoms with Crippen LogP contribution in [-0.2, 0) is 9.59 Å². The molecule has 1 rings (SSSR count). The molecule has 0 radical (unpaired) electrons. The van der Waals surface area contributed by atoms with Crippen LogP contribution in [0.3, 0.4) is 0 Å². The highest BCUT2D eigenvalue weighted by Crippen LogP contribution is 2.14. The molecule has 4 heteroatoms. The van der Waals surface area contributed by atoms with Gasteiger partial charge in [0.05, 0.1) is 6.04 Å². The van der Waals surface area contributed by atoms with E-state index in [9.17, 15) is 9.59 Å². The Morgan fingerprint density at radius 2 is 2.19 bits per heavy atom. The first-order valence-corrected chi connectivity index (χ1v) is 6.08. The van der Waals surface area contributed by atoms with Crippen molar-refractivity contribution in [3.63, 3.8) is 0 Å². The molecule has 1 amide bonds. The summed E-state index contributed by atoms with van der Waals surface area (Å²) in [6.45, 7) is 3.98. The zero-order valence-electron chi connectivity index (χ0n) is 10.2. The Morgan fingerprint density at radius 1 is 1.50 bits per heavy atom. The largest absolute Gasteiger partial charge is 0.346 e. The average Bonchev–Trinajstić information content (AvgIpc) is 2.21. The number of Topliss-reactive ketones (excluding diaryl/α,β-unsaturated/α-hetero) is 1. The van der Waals surface area contributed by atoms with Crippen LogP contribution in [0.4, 0.5) is 0 Å². The second kappa shape index (κ2) is 5.99. The summed E-state index contributed by atoms with van der Waals surface area (Å²) in [6.07, 6.45) is 3.66. The summed E-state index contributed by atoms with van der Waals surface area (Å²) in [4.78, 5) is 23.1. The monoisotopic (exact) mass is 226 g/mol. The fourth-order valence-electron chi connectivity index (χ4n) is 1.84. The number of ketones is 1. The van der Waals surface area contributed by atoms with Gasteiger partial charge in [-0.05, 0) is 18.8 Å². The van der Waals surface area contributed by atoms with Crippen molar-refractivity contribution < 1.29 is 9.59 Å². The number of nitrogens with two attached hydrogens (primary N) is 1. The molecule has 3 N–H and O–H groups in total. The lowest BCUT2D eigenvalue weighted by Gasteiger charge is -2.23. The Balaban J connectivity index is 2.35. The predicted octanol–water partition coefficient (Wildman–Crippen LogP) is 0.988. The molecule has 0 bridgehead atoms. The number of amides is 1. The van der Waals surface area contributed by atoms with Gasteiger partial charge in [-0.2, -0.15) is 0 Å². The first-order valence-electron chi connectivity index (χ1n) is 6.08. The second-order valence-electron chi connectivity index (χ2n) is 4.94. The van der Waals surface area contributed by atoms with E-state index in [0.717, 1.165) is 19.3 Å². The average molecular weight is 226 g/mol. The van der Waals surface area contributed by atoms with E-state index in [2.05, 4.69) is 5.32 Å². The van der Waals surface area contributed by atoms with E-state index in [0.29, 0.717) is 12.8 Å². The maximum atomic E-state index is 11.6. The summed E-state index contributed by atoms with van der Waals surface area (Å²) in [7, 11) is 0. The number of hydrogen-bond donors (Lipinski definition) is 2. The maximum absolute atomic E-state index is 11.6. The number of rotatable bonds is 4. The van der Waals surface area contributed by atoms with Crippen molar-refractivity contribution in [1.82, 2.24) is 5.32 Å². The van der Waals surface area contributed by atoms with Gasteiger partial charge in [0.25, 0.3) is 0 Å². The summed E-state index contributed by atoms with van der Waals surface area (Å²) in [6, 6.07) is -0.390. The van der Waals surface area contributed by atoms with Crippen LogP contribution in [0.25, 0.3) is 0 Å². The van der Waals surface area contributed by atoms with Gasteiger partial charge in [-0.3, -0.25) is 9.59 Å². The zero-order valence-corrected chi connectivity index (χ0v) is 10.2. The molecule has 0 saturated heterocycles. The van der Waals surface area contributed by atoms with Crippen molar-refractivity contribution in [3.8, 4) is 0 Å². The molecule has 1 aliphatic rings. The summed E-state index contributed by atoms with van der Waals surface area (Å²) in [5.41, 5.74) is 5.81. The highest BCUT2D eigenvalue weighted by atomic mass is 16.2. The molecule has 1 aliphatic carbocycles. The Labute approximate surface area is 97.0 Å². The Kier molecular flexibility index (Phi) is 4.93. The highest BCUT2D eigenvalue weighted by Gasteiger charge is 2.24. The zero-order chi connectivity index (χ0) is 12.1. The lowest BCUT2D eigenvalue weighted by molar-refractivity contribution is -0.129. The topological polar surface area (TPSA) is 72.2 Å². The molecule has 4 nitrogen and oxygen atoms in total. The SMILES string of the molecule is CC(C)[C@H](N)CC(=O)NC1CCCCC1=O. The first kappa shape index (κ1) is 13.2. The molecular formula is C12H22N2O2. The smallest absolute Gasteiger partial charge is 0.222 e. The molecule has 0 aromatic heterocycles. The van der Waals surface area contributed by atoms with Gasteiger partial charge in [-0.1, -0.05) is 20.3 Å². The van der Waals surface area contributed by atoms with Gasteiger partial charge in [0, 0.05) is 18.9 Å². The Bertz CT molecular complexity index is 264. The third-order valence-electron chi connectivity index (χ3n) is 3.17. The van der Waals surface area contributed by atoms with Crippen LogP contribution in [0.5, 0.6) is 0 Å². The van der Waals surface area contributed by atoms with Crippen molar-refractivity contribution in [1.29, 1.82) is 0 Å². The fraction of sp³-hybridized carbons (Fsp3) is 0.833. The molecule has 0 aliphatic heterocycles. The number of nitrogens with one attached hydrogen (secondary N) is 1. The summed E-state index contributed by atoms with van der Waals surface area (Å²) < 4.78 is 0. The van der Waals surface area contributed by atoms with Crippen molar-refractivity contribution in [2.45, 2.75) is 58.0 Å². The molecular weight excluding hydrogens is 204 g/mol. The summed E-state index contributed by atoms with van der Waals surface area (Å²) in [5.74, 6) is 0.354. The van der Waals surface area contributed by atoms with E-state index in [1.807, 2.05) is 13.8 Å². The minimum atomic E-state index is -0.263. The first-order chi connectivity index (χ1) is 7.50. The molecule has 1 fully saturated rings. The van der Waals surface area contributed by atoms with Gasteiger partial charge >= 0.3 is 0 Å². The molecule has 2 atom stereocenters. The van der Waals surface area contributed by atoms with Crippen molar-refractivity contribution in [2.75, 3.05) is 0 Å². The standard InChI is InChI=1S/C12H22N2O2/c1-8(2)9(13)7-12(16)14-10-5-3-4-6-11(10)15/h8-10H,3-7,13H2,1-2H3,(H,14,16)/t9-,10?/m1/s1. The van der Waals surface area contributed by atoms with E-state index in [1.165, 1.54) is 0 Å². The molecule has 0 aromatic rings. The van der Waals surface area contributed by atoms with E-state index in [1.54, 1.807) is 0 Å². The van der Waals surface area contributed by atoms with E-state index >= 15 is 0 Å². The van der Waals surface area contributed by atoms with Crippen LogP contribution in [0.2, 0.25) is 0 Å². The Morgan fingerprint density at radius 3 is 2.75 bits per heavy atom. The van der Waals surface area contributed by atoms with Crippen LogP contribution in [0.15, 0.2) is 0 Å². The highest BCUT2D eigenvalue weighted by molar-refractivity contribution is 5.89. The minimum Gasteiger partial charge on any atom is -0.346 e. The van der Waals surface area contributed by atoms with Gasteiger partial charge < -0.3 is 11.1 Å². The van der Waals surface area contributed by atoms with Crippen molar-refractivity contribution in [3.05, 3.63) is 0 Å². The molecule has 0 aromatic carbocycles. The number of carbonyl (C=O) groups is 2. The predicted molar refractivity (Wildman–Crippen MR) is 62.8 cm³/mol. The second-order valence-corrected chi connectivity index (χ2v) is 4.94. The van der Waals surface area contributed by atoms with E-state index in [-0.39, 0.29) is 29.7 Å². The van der Waals surface area contributed by atoms with Crippen LogP contribution in [0.1, 0.15) is 46.0 Å². The fourth-order valence-corrected chi connectivity index (χ4v) is 1.84. The molecule has 92 valence electrons. The lowest BCUT2D eigenvalue weighted by Crippen LogP contribution is -2.44. The summed E-state index contributed by atoms with van der Waals surface area (Å²) in [5, 5.41) is 2.79. The Hall–Kier alpha value is -0.900. The maximum Gasteiger partial charge on any atom is 0.222 e. The van der Waals surface area contributed by atoms with Crippen LogP contribution >= 0.6 is 0 Å². The third-order valence-corrected chi connectivity index (χ3v) is 3.17. The van der Waals surface area contributed by atoms with Gasteiger partial charge in [0.15, 0.2) is 5.78 Å². The normalized spacial score (nSPS) is 23.2. The van der Waals surface area contributed by atoms with Crippen LogP contribution in [0, 0.1) is 5.92 Å². The molecule has 0 heterocycles. The quantitative estimate of drug-likeness (QED) is 0.750. The van der Waals surface area contributed by atoms with Crippen LogP contribution in [-0.4, -0.2) is 23.8 Å². The van der Waals surface area contributed by atoms with E-state index in [4.69, 9.17) is 5.73 Å². The van der Waals surface area contributed by atoms with Crippen molar-refractivity contribution in [2.24, 2.45) is 11.7 Å². The van der Waals surface area contributed by atoms with Gasteiger partial charge in [-0.25, -0.2) is 0 Å². The van der Waals surface area contributed by atoms with E-state index < -0.39 is 0 Å². The summed E-state index contributed by atoms with van der Waals surface area (Å²) >= 11 is 0. The lowest BCUT2D eigenvalue weighted by atomic mass is 9.93. The van der Waals surface area contributed by atoms with Crippen LogP contribution < -0.4 is 11.1 Å². The minimum absolute atomic E-state index is 0.0959. The van der Waals surface area contributed by atoms with Gasteiger partial charge in [-0.15, -0.1) is 0 Å². The molecule has 16 heavy (non-hydrogen) atoms. The molecule has 0 spiro atoms. The van der Waals surface area contributed by atoms with Gasteiger partial charge in [0.2, 0.25) is 5.91 Å². The number of hydrogen-bond acceptors (Lipinski definition) is 3. The van der Waals surface area contributed by atoms with Gasteiger partial charge in [0.1, 0.15) is 0 Å². The molecule has 1 saturated carbocycles. The molecule has 1 unspecified atom stereocenters. The third kappa shape index (κ3) is 3.93. The van der Waals surface area contributed by atoms with Crippen molar-refractivity contribution >= 4 is 11.7 Å².